The molecule has 3 aromatic carbocycles. The second-order valence-corrected chi connectivity index (χ2v) is 9.44. The Morgan fingerprint density at radius 1 is 0.975 bits per heavy atom. The number of urea groups is 1. The SMILES string of the molecule is COC(=O)C[C@@H](C)c1ccc(Cn2ccnc(-c3ccc(NC(=O)Nc4ccccc4C)c(OC)c3)c2=O)cc1. The summed E-state index contributed by atoms with van der Waals surface area (Å²) in [6.07, 6.45) is 3.53. The standard InChI is InChI=1S/C31H32N4O5/c1-20-7-5-6-8-25(20)33-31(38)34-26-14-13-24(18-27(26)39-3)29-30(37)35(16-15-32-29)19-22-9-11-23(12-10-22)21(2)17-28(36)40-4/h5-16,18,21H,17,19H2,1-4H3,(H2,33,34,38)/t21-/m1/s1. The first kappa shape index (κ1) is 28.1. The number of ether oxygens (including phenoxy) is 2. The van der Waals surface area contributed by atoms with Crippen molar-refractivity contribution in [1.29, 1.82) is 0 Å². The van der Waals surface area contributed by atoms with Gasteiger partial charge in [0.1, 0.15) is 11.4 Å². The fourth-order valence-electron chi connectivity index (χ4n) is 4.30. The van der Waals surface area contributed by atoms with Gasteiger partial charge in [0.05, 0.1) is 32.9 Å². The Bertz CT molecular complexity index is 1560. The van der Waals surface area contributed by atoms with Gasteiger partial charge in [0.25, 0.3) is 5.56 Å². The van der Waals surface area contributed by atoms with Gasteiger partial charge in [-0.1, -0.05) is 55.5 Å². The molecular weight excluding hydrogens is 508 g/mol. The normalized spacial score (nSPS) is 11.4. The average Bonchev–Trinajstić information content (AvgIpc) is 2.96. The van der Waals surface area contributed by atoms with Gasteiger partial charge >= 0.3 is 12.0 Å². The molecule has 1 atom stereocenters. The van der Waals surface area contributed by atoms with E-state index in [1.807, 2.05) is 62.4 Å². The van der Waals surface area contributed by atoms with E-state index in [4.69, 9.17) is 9.47 Å². The molecule has 9 nitrogen and oxygen atoms in total. The molecule has 9 heteroatoms. The molecule has 0 radical (unpaired) electrons. The maximum atomic E-state index is 13.3. The number of amides is 2. The average molecular weight is 541 g/mol. The number of hydrogen-bond donors (Lipinski definition) is 2. The molecule has 40 heavy (non-hydrogen) atoms. The molecule has 2 N–H and O–H groups in total. The van der Waals surface area contributed by atoms with E-state index in [9.17, 15) is 14.4 Å². The molecular formula is C31H32N4O5. The highest BCUT2D eigenvalue weighted by atomic mass is 16.5. The molecule has 0 aliphatic heterocycles. The quantitative estimate of drug-likeness (QED) is 0.268. The Labute approximate surface area is 232 Å². The Balaban J connectivity index is 1.50. The molecule has 0 aliphatic carbocycles. The van der Waals surface area contributed by atoms with Crippen molar-refractivity contribution >= 4 is 23.4 Å². The summed E-state index contributed by atoms with van der Waals surface area (Å²) in [7, 11) is 2.88. The number of carbonyl (C=O) groups excluding carboxylic acids is 2. The first-order chi connectivity index (χ1) is 19.3. The van der Waals surface area contributed by atoms with Gasteiger partial charge in [-0.05, 0) is 47.7 Å². The van der Waals surface area contributed by atoms with Crippen molar-refractivity contribution in [2.45, 2.75) is 32.7 Å². The maximum absolute atomic E-state index is 13.3. The van der Waals surface area contributed by atoms with Crippen LogP contribution >= 0.6 is 0 Å². The van der Waals surface area contributed by atoms with Crippen molar-refractivity contribution in [2.24, 2.45) is 0 Å². The largest absolute Gasteiger partial charge is 0.495 e. The molecule has 1 aromatic heterocycles. The summed E-state index contributed by atoms with van der Waals surface area (Å²) in [5.74, 6) is 0.168. The van der Waals surface area contributed by atoms with Crippen LogP contribution in [0.5, 0.6) is 5.75 Å². The van der Waals surface area contributed by atoms with Crippen LogP contribution in [0.1, 0.15) is 36.0 Å². The number of aromatic nitrogens is 2. The molecule has 206 valence electrons. The second kappa shape index (κ2) is 12.8. The van der Waals surface area contributed by atoms with Gasteiger partial charge in [-0.2, -0.15) is 0 Å². The van der Waals surface area contributed by atoms with Crippen LogP contribution in [-0.2, 0) is 16.1 Å². The lowest BCUT2D eigenvalue weighted by Crippen LogP contribution is -2.23. The van der Waals surface area contributed by atoms with E-state index in [1.165, 1.54) is 14.2 Å². The molecule has 2 amide bonds. The molecule has 0 spiro atoms. The van der Waals surface area contributed by atoms with E-state index in [0.29, 0.717) is 35.7 Å². The zero-order valence-corrected chi connectivity index (χ0v) is 22.9. The third kappa shape index (κ3) is 6.74. The van der Waals surface area contributed by atoms with Crippen LogP contribution in [0.15, 0.2) is 83.9 Å². The minimum Gasteiger partial charge on any atom is -0.495 e. The van der Waals surface area contributed by atoms with Gasteiger partial charge in [0, 0.05) is 23.6 Å². The van der Waals surface area contributed by atoms with E-state index < -0.39 is 6.03 Å². The molecule has 4 aromatic rings. The summed E-state index contributed by atoms with van der Waals surface area (Å²) < 4.78 is 11.8. The minimum atomic E-state index is -0.411. The van der Waals surface area contributed by atoms with Crippen molar-refractivity contribution in [1.82, 2.24) is 9.55 Å². The first-order valence-electron chi connectivity index (χ1n) is 12.8. The van der Waals surface area contributed by atoms with Gasteiger partial charge in [-0.25, -0.2) is 9.78 Å². The smallest absolute Gasteiger partial charge is 0.323 e. The zero-order valence-electron chi connectivity index (χ0n) is 22.9. The minimum absolute atomic E-state index is 0.0257. The Hall–Kier alpha value is -4.92. The number of methoxy groups -OCH3 is 2. The number of para-hydroxylation sites is 1. The highest BCUT2D eigenvalue weighted by molar-refractivity contribution is 6.01. The molecule has 0 bridgehead atoms. The van der Waals surface area contributed by atoms with E-state index in [-0.39, 0.29) is 23.1 Å². The summed E-state index contributed by atoms with van der Waals surface area (Å²) in [5.41, 5.74) is 4.62. The molecule has 4 rings (SSSR count). The molecule has 0 saturated heterocycles. The van der Waals surface area contributed by atoms with Gasteiger partial charge in [-0.15, -0.1) is 0 Å². The van der Waals surface area contributed by atoms with Crippen molar-refractivity contribution in [3.05, 3.63) is 106 Å². The number of anilines is 2. The summed E-state index contributed by atoms with van der Waals surface area (Å²) in [4.78, 5) is 41.8. The summed E-state index contributed by atoms with van der Waals surface area (Å²) in [6, 6.07) is 20.0. The van der Waals surface area contributed by atoms with Crippen molar-refractivity contribution < 1.29 is 19.1 Å². The van der Waals surface area contributed by atoms with Gasteiger partial charge in [0.2, 0.25) is 0 Å². The fourth-order valence-corrected chi connectivity index (χ4v) is 4.30. The van der Waals surface area contributed by atoms with Gasteiger partial charge < -0.3 is 24.7 Å². The van der Waals surface area contributed by atoms with Crippen LogP contribution in [0.25, 0.3) is 11.3 Å². The summed E-state index contributed by atoms with van der Waals surface area (Å²) in [5, 5.41) is 5.62. The third-order valence-electron chi connectivity index (χ3n) is 6.63. The fraction of sp³-hybridized carbons (Fsp3) is 0.226. The lowest BCUT2D eigenvalue weighted by atomic mass is 9.97. The Kier molecular flexibility index (Phi) is 8.96. The third-order valence-corrected chi connectivity index (χ3v) is 6.63. The number of aryl methyl sites for hydroxylation is 1. The maximum Gasteiger partial charge on any atom is 0.323 e. The number of carbonyl (C=O) groups is 2. The van der Waals surface area contributed by atoms with Crippen LogP contribution in [0.3, 0.4) is 0 Å². The number of hydrogen-bond acceptors (Lipinski definition) is 6. The molecule has 0 aliphatic rings. The first-order valence-corrected chi connectivity index (χ1v) is 12.8. The van der Waals surface area contributed by atoms with Crippen molar-refractivity contribution in [2.75, 3.05) is 24.9 Å². The summed E-state index contributed by atoms with van der Waals surface area (Å²) >= 11 is 0. The Morgan fingerprint density at radius 3 is 2.40 bits per heavy atom. The number of rotatable bonds is 9. The molecule has 1 heterocycles. The van der Waals surface area contributed by atoms with Crippen LogP contribution < -0.4 is 20.9 Å². The van der Waals surface area contributed by atoms with E-state index >= 15 is 0 Å². The van der Waals surface area contributed by atoms with Crippen LogP contribution in [0, 0.1) is 6.92 Å². The van der Waals surface area contributed by atoms with E-state index in [1.54, 1.807) is 35.2 Å². The monoisotopic (exact) mass is 540 g/mol. The van der Waals surface area contributed by atoms with Crippen LogP contribution in [-0.4, -0.2) is 35.8 Å². The topological polar surface area (TPSA) is 112 Å². The highest BCUT2D eigenvalue weighted by Gasteiger charge is 2.15. The van der Waals surface area contributed by atoms with Crippen molar-refractivity contribution in [3.63, 3.8) is 0 Å². The van der Waals surface area contributed by atoms with E-state index in [2.05, 4.69) is 15.6 Å². The number of nitrogens with one attached hydrogen (secondary N) is 2. The van der Waals surface area contributed by atoms with Crippen molar-refractivity contribution in [3.8, 4) is 17.0 Å². The molecule has 0 unspecified atom stereocenters. The predicted octanol–water partition coefficient (Wildman–Crippen LogP) is 5.59. The molecule has 0 saturated carbocycles. The number of benzene rings is 3. The highest BCUT2D eigenvalue weighted by Crippen LogP contribution is 2.29. The number of nitrogens with zero attached hydrogens (tertiary/aromatic N) is 2. The van der Waals surface area contributed by atoms with Gasteiger partial charge in [0.15, 0.2) is 0 Å². The van der Waals surface area contributed by atoms with E-state index in [0.717, 1.165) is 16.7 Å². The number of esters is 1. The lowest BCUT2D eigenvalue weighted by Gasteiger charge is -2.14. The van der Waals surface area contributed by atoms with Crippen LogP contribution in [0.2, 0.25) is 0 Å². The second-order valence-electron chi connectivity index (χ2n) is 9.44. The Morgan fingerprint density at radius 2 is 1.70 bits per heavy atom. The predicted molar refractivity (Wildman–Crippen MR) is 155 cm³/mol. The summed E-state index contributed by atoms with van der Waals surface area (Å²) in [6.45, 7) is 4.24. The molecule has 0 fully saturated rings. The lowest BCUT2D eigenvalue weighted by molar-refractivity contribution is -0.140. The van der Waals surface area contributed by atoms with Gasteiger partial charge in [-0.3, -0.25) is 9.59 Å². The van der Waals surface area contributed by atoms with Crippen LogP contribution in [0.4, 0.5) is 16.2 Å². The zero-order chi connectivity index (χ0) is 28.6.